The summed E-state index contributed by atoms with van der Waals surface area (Å²) in [4.78, 5) is 24.1. The van der Waals surface area contributed by atoms with Crippen LogP contribution in [0.1, 0.15) is 68.2 Å². The average molecular weight is 578 g/mol. The number of esters is 2. The van der Waals surface area contributed by atoms with Crippen LogP contribution in [0.4, 0.5) is 0 Å². The molecule has 12 nitrogen and oxygen atoms in total. The van der Waals surface area contributed by atoms with Crippen molar-refractivity contribution >= 4 is 35.9 Å². The molecule has 6 unspecified atom stereocenters. The Kier molecular flexibility index (Phi) is 15.5. The molecule has 0 saturated carbocycles. The molecule has 0 aromatic heterocycles. The van der Waals surface area contributed by atoms with Crippen LogP contribution in [0.5, 0.6) is 0 Å². The van der Waals surface area contributed by atoms with Crippen molar-refractivity contribution in [3.05, 3.63) is 0 Å². The van der Waals surface area contributed by atoms with Gasteiger partial charge in [-0.3, -0.25) is 14.2 Å². The Morgan fingerprint density at radius 2 is 1.66 bits per heavy atom. The van der Waals surface area contributed by atoms with Crippen molar-refractivity contribution in [2.45, 2.75) is 110 Å². The molecule has 0 aromatic rings. The van der Waals surface area contributed by atoms with Crippen molar-refractivity contribution in [1.82, 2.24) is 4.67 Å². The van der Waals surface area contributed by atoms with Gasteiger partial charge < -0.3 is 32.3 Å². The smallest absolute Gasteiger partial charge is 0.374 e. The number of rotatable bonds is 17. The largest absolute Gasteiger partial charge is 0.455 e. The summed E-state index contributed by atoms with van der Waals surface area (Å²) < 4.78 is 55.6. The zero-order valence-corrected chi connectivity index (χ0v) is 25.3. The average Bonchev–Trinajstić information content (AvgIpc) is 3.15. The minimum absolute atomic E-state index is 0.0107. The molecule has 1 aliphatic rings. The molecule has 2 radical (unpaired) electrons. The number of hydrogen-bond donors (Lipinski definition) is 0. The SMILES string of the molecule is [B]C1OC(C(OC(C)=O)C(OC(C)=O)P(=O)(OCC)OCC)CC1OP(OCCC#N)N(C(C)C)C(C)C. The fourth-order valence-electron chi connectivity index (χ4n) is 3.97. The van der Waals surface area contributed by atoms with Crippen molar-refractivity contribution in [3.8, 4) is 6.07 Å². The molecule has 216 valence electrons. The summed E-state index contributed by atoms with van der Waals surface area (Å²) in [6.07, 6.45) is -2.77. The van der Waals surface area contributed by atoms with Gasteiger partial charge in [-0.15, -0.1) is 0 Å². The van der Waals surface area contributed by atoms with Gasteiger partial charge in [0, 0.05) is 38.4 Å². The van der Waals surface area contributed by atoms with E-state index in [-0.39, 0.29) is 44.7 Å². The molecule has 0 bridgehead atoms. The van der Waals surface area contributed by atoms with Crippen LogP contribution < -0.4 is 0 Å². The van der Waals surface area contributed by atoms with Gasteiger partial charge in [0.2, 0.25) is 5.85 Å². The highest BCUT2D eigenvalue weighted by Crippen LogP contribution is 2.57. The molecule has 6 atom stereocenters. The zero-order valence-electron chi connectivity index (χ0n) is 23.5. The highest BCUT2D eigenvalue weighted by Gasteiger charge is 2.53. The summed E-state index contributed by atoms with van der Waals surface area (Å²) in [6, 6.07) is 1.19. The van der Waals surface area contributed by atoms with E-state index in [1.165, 1.54) is 6.92 Å². The van der Waals surface area contributed by atoms with Crippen molar-refractivity contribution in [2.24, 2.45) is 0 Å². The lowest BCUT2D eigenvalue weighted by atomic mass is 9.94. The van der Waals surface area contributed by atoms with Gasteiger partial charge in [-0.1, -0.05) is 0 Å². The summed E-state index contributed by atoms with van der Waals surface area (Å²) in [5, 5.41) is 8.95. The third kappa shape index (κ3) is 10.5. The van der Waals surface area contributed by atoms with Crippen molar-refractivity contribution in [3.63, 3.8) is 0 Å². The molecule has 1 fully saturated rings. The van der Waals surface area contributed by atoms with Crippen molar-refractivity contribution in [1.29, 1.82) is 5.26 Å². The second kappa shape index (κ2) is 16.9. The first kappa shape index (κ1) is 34.9. The molecule has 0 aromatic carbocycles. The Morgan fingerprint density at radius 3 is 2.11 bits per heavy atom. The van der Waals surface area contributed by atoms with E-state index in [4.69, 9.17) is 45.4 Å². The normalized spacial score (nSPS) is 22.3. The van der Waals surface area contributed by atoms with Crippen LogP contribution in [0, 0.1) is 11.3 Å². The third-order valence-electron chi connectivity index (χ3n) is 5.22. The van der Waals surface area contributed by atoms with E-state index < -0.39 is 58.2 Å². The second-order valence-corrected chi connectivity index (χ2v) is 12.5. The van der Waals surface area contributed by atoms with Crippen molar-refractivity contribution < 1.29 is 46.5 Å². The van der Waals surface area contributed by atoms with Gasteiger partial charge in [-0.25, -0.2) is 4.67 Å². The first-order valence-corrected chi connectivity index (χ1v) is 15.4. The van der Waals surface area contributed by atoms with E-state index >= 15 is 0 Å². The van der Waals surface area contributed by atoms with Gasteiger partial charge in [-0.05, 0) is 41.5 Å². The van der Waals surface area contributed by atoms with Gasteiger partial charge in [0.25, 0.3) is 8.53 Å². The minimum atomic E-state index is -4.12. The lowest BCUT2D eigenvalue weighted by Gasteiger charge is -2.37. The summed E-state index contributed by atoms with van der Waals surface area (Å²) in [7, 11) is 0.516. The topological polar surface area (TPSA) is 143 Å². The van der Waals surface area contributed by atoms with Crippen LogP contribution in [0.3, 0.4) is 0 Å². The van der Waals surface area contributed by atoms with Crippen LogP contribution in [0.25, 0.3) is 0 Å². The molecule has 15 heteroatoms. The molecule has 0 N–H and O–H groups in total. The van der Waals surface area contributed by atoms with Crippen LogP contribution in [0.2, 0.25) is 0 Å². The Labute approximate surface area is 228 Å². The van der Waals surface area contributed by atoms with Crippen LogP contribution in [0.15, 0.2) is 0 Å². The number of nitrogens with zero attached hydrogens (tertiary/aromatic N) is 2. The fraction of sp³-hybridized carbons (Fsp3) is 0.870. The van der Waals surface area contributed by atoms with Gasteiger partial charge >= 0.3 is 19.5 Å². The summed E-state index contributed by atoms with van der Waals surface area (Å²) in [6.45, 7) is 13.6. The van der Waals surface area contributed by atoms with Crippen LogP contribution in [-0.4, -0.2) is 86.5 Å². The Balaban J connectivity index is 3.33. The second-order valence-electron chi connectivity index (χ2n) is 9.01. The molecular formula is C23H41BN2O10P2. The fourth-order valence-corrected chi connectivity index (χ4v) is 7.69. The van der Waals surface area contributed by atoms with E-state index in [0.717, 1.165) is 6.92 Å². The first-order chi connectivity index (χ1) is 17.8. The zero-order chi connectivity index (χ0) is 29.0. The maximum absolute atomic E-state index is 13.7. The predicted octanol–water partition coefficient (Wildman–Crippen LogP) is 4.02. The Hall–Kier alpha value is -1.09. The molecule has 1 rings (SSSR count). The van der Waals surface area contributed by atoms with E-state index in [1.54, 1.807) is 13.8 Å². The molecule has 1 heterocycles. The van der Waals surface area contributed by atoms with Crippen molar-refractivity contribution in [2.75, 3.05) is 19.8 Å². The minimum Gasteiger partial charge on any atom is -0.455 e. The number of nitriles is 1. The molecule has 38 heavy (non-hydrogen) atoms. The lowest BCUT2D eigenvalue weighted by molar-refractivity contribution is -0.170. The molecule has 0 amide bonds. The summed E-state index contributed by atoms with van der Waals surface area (Å²) in [5.74, 6) is -3.10. The van der Waals surface area contributed by atoms with Crippen LogP contribution >= 0.6 is 16.1 Å². The van der Waals surface area contributed by atoms with Gasteiger partial charge in [0.1, 0.15) is 14.0 Å². The molecule has 1 aliphatic heterocycles. The lowest BCUT2D eigenvalue weighted by Crippen LogP contribution is -2.44. The number of ether oxygens (including phenoxy) is 3. The Morgan fingerprint density at radius 1 is 1.11 bits per heavy atom. The molecule has 0 spiro atoms. The molecule has 0 aliphatic carbocycles. The van der Waals surface area contributed by atoms with Gasteiger partial charge in [0.05, 0.1) is 38.4 Å². The van der Waals surface area contributed by atoms with E-state index in [1.807, 2.05) is 38.4 Å². The van der Waals surface area contributed by atoms with E-state index in [9.17, 15) is 14.2 Å². The molecular weight excluding hydrogens is 537 g/mol. The predicted molar refractivity (Wildman–Crippen MR) is 141 cm³/mol. The standard InChI is InChI=1S/C23H41BN2O10P2/c1-9-31-38(29,32-10-2)23(34-18(8)28)21(33-17(7)27)19-14-20(22(24)35-19)36-37(30-13-11-12-25)26(15(3)4)16(5)6/h15-16,19-23H,9-11,13-14H2,1-8H3. The first-order valence-electron chi connectivity index (χ1n) is 12.7. The highest BCUT2D eigenvalue weighted by atomic mass is 31.2. The highest BCUT2D eigenvalue weighted by molar-refractivity contribution is 7.54. The number of hydrogen-bond acceptors (Lipinski definition) is 12. The van der Waals surface area contributed by atoms with Gasteiger partial charge in [-0.2, -0.15) is 5.26 Å². The maximum Gasteiger partial charge on any atom is 0.374 e. The number of carbonyl (C=O) groups excluding carboxylic acids is 2. The summed E-state index contributed by atoms with van der Waals surface area (Å²) in [5.41, 5.74) is 0. The van der Waals surface area contributed by atoms with Gasteiger partial charge in [0.15, 0.2) is 6.10 Å². The third-order valence-corrected chi connectivity index (χ3v) is 9.63. The summed E-state index contributed by atoms with van der Waals surface area (Å²) >= 11 is 0. The number of carbonyl (C=O) groups is 2. The monoisotopic (exact) mass is 578 g/mol. The van der Waals surface area contributed by atoms with E-state index in [2.05, 4.69) is 0 Å². The quantitative estimate of drug-likeness (QED) is 0.106. The van der Waals surface area contributed by atoms with E-state index in [0.29, 0.717) is 0 Å². The Bertz CT molecular complexity index is 826. The maximum atomic E-state index is 13.7. The van der Waals surface area contributed by atoms with Crippen LogP contribution in [-0.2, 0) is 46.5 Å². The molecule has 1 saturated heterocycles.